The van der Waals surface area contributed by atoms with Gasteiger partial charge in [-0.3, -0.25) is 0 Å². The molecule has 1 N–H and O–H groups in total. The van der Waals surface area contributed by atoms with Gasteiger partial charge in [0.25, 0.3) is 0 Å². The molecular weight excluding hydrogens is 342 g/mol. The molecule has 0 unspecified atom stereocenters. The Kier molecular flexibility index (Phi) is 6.46. The summed E-state index contributed by atoms with van der Waals surface area (Å²) in [5.41, 5.74) is 1.18. The highest BCUT2D eigenvalue weighted by atomic mass is 16.5. The van der Waals surface area contributed by atoms with Gasteiger partial charge in [-0.05, 0) is 23.6 Å². The van der Waals surface area contributed by atoms with E-state index >= 15 is 0 Å². The summed E-state index contributed by atoms with van der Waals surface area (Å²) in [5, 5.41) is 2.94. The van der Waals surface area contributed by atoms with Crippen LogP contribution >= 0.6 is 0 Å². The third kappa shape index (κ3) is 5.09. The first-order valence-electron chi connectivity index (χ1n) is 9.41. The molecule has 0 bridgehead atoms. The van der Waals surface area contributed by atoms with Gasteiger partial charge in [-0.2, -0.15) is 0 Å². The van der Waals surface area contributed by atoms with Crippen molar-refractivity contribution in [2.75, 3.05) is 44.2 Å². The van der Waals surface area contributed by atoms with Gasteiger partial charge in [0, 0.05) is 38.6 Å². The van der Waals surface area contributed by atoms with Crippen molar-refractivity contribution in [3.8, 4) is 5.75 Å². The SMILES string of the molecule is CC(C)c1ccccc1OCCNC(=O)N1CCN(c2ncccn2)CC1. The zero-order valence-corrected chi connectivity index (χ0v) is 16.0. The number of hydrogen-bond donors (Lipinski definition) is 1. The largest absolute Gasteiger partial charge is 0.491 e. The van der Waals surface area contributed by atoms with Crippen LogP contribution < -0.4 is 15.0 Å². The number of para-hydroxylation sites is 1. The minimum atomic E-state index is -0.0515. The van der Waals surface area contributed by atoms with Crippen LogP contribution in [-0.4, -0.2) is 60.2 Å². The molecule has 0 aliphatic carbocycles. The highest BCUT2D eigenvalue weighted by molar-refractivity contribution is 5.74. The fourth-order valence-electron chi connectivity index (χ4n) is 3.08. The monoisotopic (exact) mass is 369 g/mol. The summed E-state index contributed by atoms with van der Waals surface area (Å²) in [6.45, 7) is 7.99. The summed E-state index contributed by atoms with van der Waals surface area (Å²) in [6, 6.07) is 9.79. The summed E-state index contributed by atoms with van der Waals surface area (Å²) in [7, 11) is 0. The lowest BCUT2D eigenvalue weighted by atomic mass is 10.0. The first-order chi connectivity index (χ1) is 13.1. The second-order valence-electron chi connectivity index (χ2n) is 6.80. The number of carbonyl (C=O) groups is 1. The first kappa shape index (κ1) is 18.9. The van der Waals surface area contributed by atoms with E-state index in [0.717, 1.165) is 24.8 Å². The quantitative estimate of drug-likeness (QED) is 0.793. The van der Waals surface area contributed by atoms with E-state index in [1.54, 1.807) is 18.5 Å². The molecule has 3 rings (SSSR count). The van der Waals surface area contributed by atoms with Gasteiger partial charge < -0.3 is 19.9 Å². The lowest BCUT2D eigenvalue weighted by Crippen LogP contribution is -2.52. The Morgan fingerprint density at radius 3 is 2.52 bits per heavy atom. The molecule has 2 aromatic rings. The molecule has 144 valence electrons. The first-order valence-corrected chi connectivity index (χ1v) is 9.41. The Morgan fingerprint density at radius 1 is 1.11 bits per heavy atom. The van der Waals surface area contributed by atoms with Crippen LogP contribution in [0.3, 0.4) is 0 Å². The fourth-order valence-corrected chi connectivity index (χ4v) is 3.08. The van der Waals surface area contributed by atoms with Crippen LogP contribution in [-0.2, 0) is 0 Å². The average molecular weight is 369 g/mol. The summed E-state index contributed by atoms with van der Waals surface area (Å²) in [6.07, 6.45) is 3.47. The number of rotatable bonds is 6. The van der Waals surface area contributed by atoms with E-state index in [4.69, 9.17) is 4.74 Å². The Morgan fingerprint density at radius 2 is 1.81 bits per heavy atom. The molecule has 1 aliphatic rings. The molecule has 1 aromatic heterocycles. The maximum Gasteiger partial charge on any atom is 0.317 e. The fraction of sp³-hybridized carbons (Fsp3) is 0.450. The van der Waals surface area contributed by atoms with Gasteiger partial charge in [0.1, 0.15) is 12.4 Å². The molecule has 27 heavy (non-hydrogen) atoms. The number of nitrogens with zero attached hydrogens (tertiary/aromatic N) is 4. The molecule has 2 amide bonds. The molecule has 1 aliphatic heterocycles. The van der Waals surface area contributed by atoms with Crippen molar-refractivity contribution in [3.05, 3.63) is 48.3 Å². The van der Waals surface area contributed by atoms with Crippen LogP contribution in [0.4, 0.5) is 10.7 Å². The van der Waals surface area contributed by atoms with E-state index in [1.165, 1.54) is 5.56 Å². The topological polar surface area (TPSA) is 70.6 Å². The van der Waals surface area contributed by atoms with E-state index in [-0.39, 0.29) is 6.03 Å². The Balaban J connectivity index is 1.39. The van der Waals surface area contributed by atoms with Gasteiger partial charge in [-0.25, -0.2) is 14.8 Å². The lowest BCUT2D eigenvalue weighted by molar-refractivity contribution is 0.191. The average Bonchev–Trinajstić information content (AvgIpc) is 2.72. The van der Waals surface area contributed by atoms with Crippen LogP contribution in [0.15, 0.2) is 42.7 Å². The van der Waals surface area contributed by atoms with Gasteiger partial charge in [-0.1, -0.05) is 32.0 Å². The summed E-state index contributed by atoms with van der Waals surface area (Å²) in [5.74, 6) is 2.01. The van der Waals surface area contributed by atoms with Gasteiger partial charge in [0.05, 0.1) is 6.54 Å². The van der Waals surface area contributed by atoms with Crippen molar-refractivity contribution in [1.82, 2.24) is 20.2 Å². The molecule has 7 heteroatoms. The van der Waals surface area contributed by atoms with E-state index in [2.05, 4.69) is 40.1 Å². The van der Waals surface area contributed by atoms with Crippen molar-refractivity contribution in [2.24, 2.45) is 0 Å². The van der Waals surface area contributed by atoms with Crippen molar-refractivity contribution in [3.63, 3.8) is 0 Å². The number of ether oxygens (including phenoxy) is 1. The lowest BCUT2D eigenvalue weighted by Gasteiger charge is -2.34. The molecular formula is C20H27N5O2. The molecule has 1 saturated heterocycles. The third-order valence-corrected chi connectivity index (χ3v) is 4.58. The number of aromatic nitrogens is 2. The van der Waals surface area contributed by atoms with Gasteiger partial charge >= 0.3 is 6.03 Å². The van der Waals surface area contributed by atoms with Crippen molar-refractivity contribution in [2.45, 2.75) is 19.8 Å². The van der Waals surface area contributed by atoms with Crippen molar-refractivity contribution < 1.29 is 9.53 Å². The Labute approximate surface area is 160 Å². The number of amides is 2. The molecule has 2 heterocycles. The highest BCUT2D eigenvalue weighted by Crippen LogP contribution is 2.25. The zero-order valence-electron chi connectivity index (χ0n) is 16.0. The smallest absolute Gasteiger partial charge is 0.317 e. The van der Waals surface area contributed by atoms with E-state index in [9.17, 15) is 4.79 Å². The van der Waals surface area contributed by atoms with Crippen LogP contribution in [0, 0.1) is 0 Å². The van der Waals surface area contributed by atoms with E-state index < -0.39 is 0 Å². The number of piperazine rings is 1. The predicted octanol–water partition coefficient (Wildman–Crippen LogP) is 2.51. The highest BCUT2D eigenvalue weighted by Gasteiger charge is 2.22. The molecule has 0 radical (unpaired) electrons. The predicted molar refractivity (Wildman–Crippen MR) is 105 cm³/mol. The Bertz CT molecular complexity index is 730. The summed E-state index contributed by atoms with van der Waals surface area (Å²) < 4.78 is 5.85. The number of benzene rings is 1. The molecule has 7 nitrogen and oxygen atoms in total. The number of carbonyl (C=O) groups excluding carboxylic acids is 1. The van der Waals surface area contributed by atoms with Gasteiger partial charge in [0.2, 0.25) is 5.95 Å². The molecule has 1 fully saturated rings. The minimum absolute atomic E-state index is 0.0515. The van der Waals surface area contributed by atoms with Gasteiger partial charge in [0.15, 0.2) is 0 Å². The molecule has 1 aromatic carbocycles. The van der Waals surface area contributed by atoms with Crippen molar-refractivity contribution in [1.29, 1.82) is 0 Å². The zero-order chi connectivity index (χ0) is 19.1. The number of urea groups is 1. The number of anilines is 1. The number of nitrogens with one attached hydrogen (secondary N) is 1. The summed E-state index contributed by atoms with van der Waals surface area (Å²) >= 11 is 0. The van der Waals surface area contributed by atoms with E-state index in [1.807, 2.05) is 23.1 Å². The molecule has 0 saturated carbocycles. The van der Waals surface area contributed by atoms with E-state index in [0.29, 0.717) is 32.2 Å². The van der Waals surface area contributed by atoms with Crippen LogP contribution in [0.1, 0.15) is 25.3 Å². The van der Waals surface area contributed by atoms with Crippen LogP contribution in [0.25, 0.3) is 0 Å². The van der Waals surface area contributed by atoms with Gasteiger partial charge in [-0.15, -0.1) is 0 Å². The molecule has 0 spiro atoms. The minimum Gasteiger partial charge on any atom is -0.491 e. The Hall–Kier alpha value is -2.83. The summed E-state index contributed by atoms with van der Waals surface area (Å²) in [4.78, 5) is 24.8. The standard InChI is InChI=1S/C20H27N5O2/c1-16(2)17-6-3-4-7-18(17)27-15-10-23-20(26)25-13-11-24(12-14-25)19-21-8-5-9-22-19/h3-9,16H,10-15H2,1-2H3,(H,23,26). The van der Waals surface area contributed by atoms with Crippen molar-refractivity contribution >= 4 is 12.0 Å². The second kappa shape index (κ2) is 9.21. The number of hydrogen-bond acceptors (Lipinski definition) is 5. The van der Waals surface area contributed by atoms with Crippen LogP contribution in [0.5, 0.6) is 5.75 Å². The maximum atomic E-state index is 12.3. The second-order valence-corrected chi connectivity index (χ2v) is 6.80. The third-order valence-electron chi connectivity index (χ3n) is 4.58. The maximum absolute atomic E-state index is 12.3. The molecule has 0 atom stereocenters. The van der Waals surface area contributed by atoms with Crippen LogP contribution in [0.2, 0.25) is 0 Å². The normalized spacial score (nSPS) is 14.3.